The fraction of sp³-hybridized carbons (Fsp3) is 1.00. The molecule has 0 aromatic rings. The summed E-state index contributed by atoms with van der Waals surface area (Å²) in [6.07, 6.45) is 1.51. The van der Waals surface area contributed by atoms with E-state index in [0.29, 0.717) is 6.42 Å². The van der Waals surface area contributed by atoms with E-state index in [1.807, 2.05) is 0 Å². The van der Waals surface area contributed by atoms with Crippen molar-refractivity contribution in [2.45, 2.75) is 18.6 Å². The second kappa shape index (κ2) is 3.17. The molecule has 0 rings (SSSR count). The Morgan fingerprint density at radius 3 is 2.11 bits per heavy atom. The first kappa shape index (κ1) is 8.91. The fourth-order valence-electron chi connectivity index (χ4n) is 0.396. The minimum Gasteiger partial charge on any atom is -0.396 e. The Morgan fingerprint density at radius 1 is 1.56 bits per heavy atom. The highest BCUT2D eigenvalue weighted by atomic mass is 32.2. The highest BCUT2D eigenvalue weighted by Crippen LogP contribution is 2.00. The quantitative estimate of drug-likeness (QED) is 0.609. The monoisotopic (exact) mass is 152 g/mol. The molecule has 0 amide bonds. The van der Waals surface area contributed by atoms with E-state index in [1.54, 1.807) is 6.92 Å². The van der Waals surface area contributed by atoms with Gasteiger partial charge in [0.25, 0.3) is 0 Å². The Balaban J connectivity index is 3.90. The maximum atomic E-state index is 10.6. The predicted molar refractivity (Wildman–Crippen MR) is 36.0 cm³/mol. The third kappa shape index (κ3) is 3.48. The van der Waals surface area contributed by atoms with Gasteiger partial charge in [-0.15, -0.1) is 0 Å². The summed E-state index contributed by atoms with van der Waals surface area (Å²) in [6, 6.07) is 0. The van der Waals surface area contributed by atoms with E-state index >= 15 is 0 Å². The first-order valence-corrected chi connectivity index (χ1v) is 4.73. The van der Waals surface area contributed by atoms with Crippen LogP contribution in [0.3, 0.4) is 0 Å². The summed E-state index contributed by atoms with van der Waals surface area (Å²) >= 11 is 0. The molecule has 0 saturated carbocycles. The van der Waals surface area contributed by atoms with Gasteiger partial charge in [-0.3, -0.25) is 0 Å². The van der Waals surface area contributed by atoms with Gasteiger partial charge >= 0.3 is 0 Å². The van der Waals surface area contributed by atoms with Crippen molar-refractivity contribution in [1.82, 2.24) is 0 Å². The van der Waals surface area contributed by atoms with E-state index < -0.39 is 15.1 Å². The lowest BCUT2D eigenvalue weighted by atomic mass is 10.4. The minimum absolute atomic E-state index is 0.0613. The first-order chi connectivity index (χ1) is 3.98. The number of rotatable bonds is 3. The van der Waals surface area contributed by atoms with Gasteiger partial charge in [-0.2, -0.15) is 0 Å². The van der Waals surface area contributed by atoms with Crippen LogP contribution in [0.4, 0.5) is 0 Å². The largest absolute Gasteiger partial charge is 0.396 e. The molecule has 0 aliphatic heterocycles. The lowest BCUT2D eigenvalue weighted by Crippen LogP contribution is -2.16. The zero-order valence-corrected chi connectivity index (χ0v) is 6.48. The Morgan fingerprint density at radius 2 is 2.00 bits per heavy atom. The second-order valence-electron chi connectivity index (χ2n) is 2.15. The standard InChI is InChI=1S/C5H12O3S/c1-5(3-4-6)9(2,7)8/h5-6H,3-4H2,1-2H3. The van der Waals surface area contributed by atoms with Crippen LogP contribution >= 0.6 is 0 Å². The Labute approximate surface area is 55.6 Å². The van der Waals surface area contributed by atoms with Crippen molar-refractivity contribution < 1.29 is 13.5 Å². The van der Waals surface area contributed by atoms with E-state index in [1.165, 1.54) is 6.26 Å². The van der Waals surface area contributed by atoms with Gasteiger partial charge in [0.15, 0.2) is 0 Å². The van der Waals surface area contributed by atoms with Crippen LogP contribution < -0.4 is 0 Å². The molecular formula is C5H12O3S. The summed E-state index contributed by atoms with van der Waals surface area (Å²) in [5.74, 6) is 0. The van der Waals surface area contributed by atoms with Gasteiger partial charge in [0.2, 0.25) is 0 Å². The topological polar surface area (TPSA) is 54.4 Å². The molecule has 0 fully saturated rings. The normalized spacial score (nSPS) is 15.4. The summed E-state index contributed by atoms with van der Waals surface area (Å²) in [4.78, 5) is 0. The highest BCUT2D eigenvalue weighted by molar-refractivity contribution is 7.91. The van der Waals surface area contributed by atoms with Gasteiger partial charge in [-0.1, -0.05) is 0 Å². The number of hydrogen-bond donors (Lipinski definition) is 1. The summed E-state index contributed by atoms with van der Waals surface area (Å²) in [5, 5.41) is 7.92. The number of hydrogen-bond acceptors (Lipinski definition) is 3. The van der Waals surface area contributed by atoms with Crippen molar-refractivity contribution in [2.75, 3.05) is 12.9 Å². The summed E-state index contributed by atoms with van der Waals surface area (Å²) < 4.78 is 21.2. The van der Waals surface area contributed by atoms with Gasteiger partial charge < -0.3 is 5.11 Å². The maximum Gasteiger partial charge on any atom is 0.150 e. The summed E-state index contributed by atoms with van der Waals surface area (Å²) in [6.45, 7) is 1.53. The van der Waals surface area contributed by atoms with Crippen molar-refractivity contribution in [2.24, 2.45) is 0 Å². The molecule has 0 aliphatic rings. The van der Waals surface area contributed by atoms with Crippen LogP contribution in [-0.4, -0.2) is 31.6 Å². The zero-order valence-electron chi connectivity index (χ0n) is 5.66. The Bertz CT molecular complexity index is 159. The molecule has 1 atom stereocenters. The van der Waals surface area contributed by atoms with Crippen LogP contribution in [0, 0.1) is 0 Å². The zero-order chi connectivity index (χ0) is 7.49. The lowest BCUT2D eigenvalue weighted by molar-refractivity contribution is 0.287. The SMILES string of the molecule is CC(CCO)S(C)(=O)=O. The predicted octanol–water partition coefficient (Wildman–Crippen LogP) is -0.198. The molecule has 4 heteroatoms. The van der Waals surface area contributed by atoms with Gasteiger partial charge in [-0.25, -0.2) is 8.42 Å². The molecule has 0 aliphatic carbocycles. The molecular weight excluding hydrogens is 140 g/mol. The molecule has 0 bridgehead atoms. The van der Waals surface area contributed by atoms with Crippen LogP contribution in [0.15, 0.2) is 0 Å². The maximum absolute atomic E-state index is 10.6. The molecule has 0 saturated heterocycles. The fourth-order valence-corrected chi connectivity index (χ4v) is 0.929. The lowest BCUT2D eigenvalue weighted by Gasteiger charge is -2.04. The first-order valence-electron chi connectivity index (χ1n) is 2.78. The van der Waals surface area contributed by atoms with Crippen LogP contribution in [-0.2, 0) is 9.84 Å². The molecule has 1 unspecified atom stereocenters. The molecule has 56 valence electrons. The molecule has 0 spiro atoms. The second-order valence-corrected chi connectivity index (χ2v) is 4.62. The van der Waals surface area contributed by atoms with Gasteiger partial charge in [0.1, 0.15) is 9.84 Å². The van der Waals surface area contributed by atoms with Crippen molar-refractivity contribution in [3.63, 3.8) is 0 Å². The Kier molecular flexibility index (Phi) is 3.14. The number of aliphatic hydroxyl groups excluding tert-OH is 1. The van der Waals surface area contributed by atoms with Gasteiger partial charge in [0.05, 0.1) is 5.25 Å². The van der Waals surface area contributed by atoms with Gasteiger partial charge in [0, 0.05) is 12.9 Å². The summed E-state index contributed by atoms with van der Waals surface area (Å²) in [7, 11) is -2.92. The van der Waals surface area contributed by atoms with E-state index in [0.717, 1.165) is 0 Å². The molecule has 3 nitrogen and oxygen atoms in total. The molecule has 1 N–H and O–H groups in total. The molecule has 0 heterocycles. The third-order valence-corrected chi connectivity index (χ3v) is 2.96. The van der Waals surface area contributed by atoms with Crippen molar-refractivity contribution >= 4 is 9.84 Å². The molecule has 0 aromatic heterocycles. The van der Waals surface area contributed by atoms with E-state index in [-0.39, 0.29) is 6.61 Å². The Hall–Kier alpha value is -0.0900. The molecule has 0 radical (unpaired) electrons. The average Bonchev–Trinajstić information content (AvgIpc) is 1.64. The number of aliphatic hydroxyl groups is 1. The molecule has 9 heavy (non-hydrogen) atoms. The van der Waals surface area contributed by atoms with Gasteiger partial charge in [-0.05, 0) is 13.3 Å². The average molecular weight is 152 g/mol. The summed E-state index contributed by atoms with van der Waals surface area (Å²) in [5.41, 5.74) is 0. The van der Waals surface area contributed by atoms with Crippen molar-refractivity contribution in [3.05, 3.63) is 0 Å². The smallest absolute Gasteiger partial charge is 0.150 e. The van der Waals surface area contributed by atoms with Crippen LogP contribution in [0.25, 0.3) is 0 Å². The number of sulfone groups is 1. The van der Waals surface area contributed by atoms with E-state index in [4.69, 9.17) is 5.11 Å². The third-order valence-electron chi connectivity index (χ3n) is 1.27. The highest BCUT2D eigenvalue weighted by Gasteiger charge is 2.12. The molecule has 0 aromatic carbocycles. The van der Waals surface area contributed by atoms with E-state index in [9.17, 15) is 8.42 Å². The van der Waals surface area contributed by atoms with Crippen molar-refractivity contribution in [1.29, 1.82) is 0 Å². The van der Waals surface area contributed by atoms with E-state index in [2.05, 4.69) is 0 Å². The van der Waals surface area contributed by atoms with Crippen LogP contribution in [0.1, 0.15) is 13.3 Å². The van der Waals surface area contributed by atoms with Crippen LogP contribution in [0.5, 0.6) is 0 Å². The van der Waals surface area contributed by atoms with Crippen molar-refractivity contribution in [3.8, 4) is 0 Å². The van der Waals surface area contributed by atoms with Crippen LogP contribution in [0.2, 0.25) is 0 Å². The minimum atomic E-state index is -2.92.